The Kier molecular flexibility index (Phi) is 2.79. The van der Waals surface area contributed by atoms with Gasteiger partial charge in [0.25, 0.3) is 5.56 Å². The highest BCUT2D eigenvalue weighted by molar-refractivity contribution is 5.58. The highest BCUT2D eigenvalue weighted by Crippen LogP contribution is 2.24. The second kappa shape index (κ2) is 4.47. The van der Waals surface area contributed by atoms with Crippen molar-refractivity contribution in [1.82, 2.24) is 15.3 Å². The molecule has 3 rings (SSSR count). The van der Waals surface area contributed by atoms with E-state index < -0.39 is 5.82 Å². The molecule has 5 nitrogen and oxygen atoms in total. The van der Waals surface area contributed by atoms with Gasteiger partial charge in [0.2, 0.25) is 0 Å². The number of aromatic amines is 1. The summed E-state index contributed by atoms with van der Waals surface area (Å²) >= 11 is 0. The van der Waals surface area contributed by atoms with Crippen LogP contribution in [0.25, 0.3) is 11.4 Å². The molecule has 0 unspecified atom stereocenters. The maximum absolute atomic E-state index is 13.4. The molecule has 0 bridgehead atoms. The molecule has 19 heavy (non-hydrogen) atoms. The maximum Gasteiger partial charge on any atom is 0.255 e. The first-order valence-electron chi connectivity index (χ1n) is 5.85. The average Bonchev–Trinajstić information content (AvgIpc) is 2.88. The molecule has 2 N–H and O–H groups in total. The summed E-state index contributed by atoms with van der Waals surface area (Å²) in [6.45, 7) is 1.11. The first kappa shape index (κ1) is 11.9. The molecule has 2 aromatic rings. The van der Waals surface area contributed by atoms with Crippen LogP contribution in [-0.4, -0.2) is 17.1 Å². The van der Waals surface area contributed by atoms with Crippen molar-refractivity contribution in [2.75, 3.05) is 7.11 Å². The topological polar surface area (TPSA) is 67.0 Å². The van der Waals surface area contributed by atoms with E-state index >= 15 is 0 Å². The SMILES string of the molecule is COc1cc(-c2nc3c(c(=O)[nH]2)CNC3)ccc1F. The Labute approximate surface area is 108 Å². The van der Waals surface area contributed by atoms with Gasteiger partial charge in [-0.15, -0.1) is 0 Å². The molecule has 1 aliphatic rings. The van der Waals surface area contributed by atoms with Crippen molar-refractivity contribution in [2.24, 2.45) is 0 Å². The Hall–Kier alpha value is -2.21. The van der Waals surface area contributed by atoms with Gasteiger partial charge in [0.15, 0.2) is 11.6 Å². The van der Waals surface area contributed by atoms with Crippen LogP contribution in [0.3, 0.4) is 0 Å². The minimum atomic E-state index is -0.448. The largest absolute Gasteiger partial charge is 0.494 e. The van der Waals surface area contributed by atoms with Crippen molar-refractivity contribution >= 4 is 0 Å². The molecule has 0 amide bonds. The quantitative estimate of drug-likeness (QED) is 0.852. The summed E-state index contributed by atoms with van der Waals surface area (Å²) in [6.07, 6.45) is 0. The van der Waals surface area contributed by atoms with Crippen molar-refractivity contribution < 1.29 is 9.13 Å². The van der Waals surface area contributed by atoms with Crippen LogP contribution in [0, 0.1) is 5.82 Å². The number of aromatic nitrogens is 2. The minimum Gasteiger partial charge on any atom is -0.494 e. The molecule has 0 fully saturated rings. The highest BCUT2D eigenvalue weighted by atomic mass is 19.1. The Morgan fingerprint density at radius 1 is 1.37 bits per heavy atom. The lowest BCUT2D eigenvalue weighted by Crippen LogP contribution is -2.15. The van der Waals surface area contributed by atoms with E-state index in [2.05, 4.69) is 15.3 Å². The average molecular weight is 261 g/mol. The Morgan fingerprint density at radius 3 is 3.00 bits per heavy atom. The number of methoxy groups -OCH3 is 1. The second-order valence-corrected chi connectivity index (χ2v) is 4.29. The molecule has 0 saturated heterocycles. The molecule has 1 aromatic carbocycles. The van der Waals surface area contributed by atoms with Crippen molar-refractivity contribution in [3.8, 4) is 17.1 Å². The number of fused-ring (bicyclic) bond motifs is 1. The summed E-state index contributed by atoms with van der Waals surface area (Å²) < 4.78 is 18.3. The van der Waals surface area contributed by atoms with Gasteiger partial charge in [0.05, 0.1) is 18.4 Å². The lowest BCUT2D eigenvalue weighted by Gasteiger charge is -2.06. The third kappa shape index (κ3) is 2.00. The number of halogens is 1. The first-order chi connectivity index (χ1) is 9.19. The third-order valence-corrected chi connectivity index (χ3v) is 3.12. The molecule has 0 saturated carbocycles. The Morgan fingerprint density at radius 2 is 2.21 bits per heavy atom. The van der Waals surface area contributed by atoms with Gasteiger partial charge in [0, 0.05) is 18.7 Å². The first-order valence-corrected chi connectivity index (χ1v) is 5.85. The molecule has 98 valence electrons. The summed E-state index contributed by atoms with van der Waals surface area (Å²) in [6, 6.07) is 4.37. The summed E-state index contributed by atoms with van der Waals surface area (Å²) in [7, 11) is 1.39. The summed E-state index contributed by atoms with van der Waals surface area (Å²) in [5, 5.41) is 3.07. The monoisotopic (exact) mass is 261 g/mol. The molecular weight excluding hydrogens is 249 g/mol. The zero-order chi connectivity index (χ0) is 13.4. The second-order valence-electron chi connectivity index (χ2n) is 4.29. The molecule has 1 aliphatic heterocycles. The number of H-pyrrole nitrogens is 1. The standard InChI is InChI=1S/C13H12FN3O2/c1-19-11-4-7(2-3-9(11)14)12-16-10-6-15-5-8(10)13(18)17-12/h2-4,15H,5-6H2,1H3,(H,16,17,18). The molecule has 0 atom stereocenters. The summed E-state index contributed by atoms with van der Waals surface area (Å²) in [4.78, 5) is 19.0. The number of hydrogen-bond donors (Lipinski definition) is 2. The molecule has 6 heteroatoms. The van der Waals surface area contributed by atoms with Crippen LogP contribution in [0.15, 0.2) is 23.0 Å². The van der Waals surface area contributed by atoms with Gasteiger partial charge in [-0.05, 0) is 18.2 Å². The van der Waals surface area contributed by atoms with Crippen LogP contribution in [0.2, 0.25) is 0 Å². The zero-order valence-electron chi connectivity index (χ0n) is 10.3. The van der Waals surface area contributed by atoms with Gasteiger partial charge < -0.3 is 15.0 Å². The fraction of sp³-hybridized carbons (Fsp3) is 0.231. The molecule has 0 aliphatic carbocycles. The minimum absolute atomic E-state index is 0.124. The van der Waals surface area contributed by atoms with Crippen molar-refractivity contribution in [3.05, 3.63) is 45.6 Å². The normalized spacial score (nSPS) is 13.4. The van der Waals surface area contributed by atoms with Crippen molar-refractivity contribution in [2.45, 2.75) is 13.1 Å². The van der Waals surface area contributed by atoms with E-state index in [1.54, 1.807) is 6.07 Å². The molecule has 0 radical (unpaired) electrons. The lowest BCUT2D eigenvalue weighted by atomic mass is 10.1. The maximum atomic E-state index is 13.4. The number of nitrogens with zero attached hydrogens (tertiary/aromatic N) is 1. The molecular formula is C13H12FN3O2. The number of rotatable bonds is 2. The van der Waals surface area contributed by atoms with Gasteiger partial charge in [-0.2, -0.15) is 0 Å². The van der Waals surface area contributed by atoms with Crippen LogP contribution >= 0.6 is 0 Å². The lowest BCUT2D eigenvalue weighted by molar-refractivity contribution is 0.386. The van der Waals surface area contributed by atoms with Gasteiger partial charge >= 0.3 is 0 Å². The molecule has 1 aromatic heterocycles. The van der Waals surface area contributed by atoms with Gasteiger partial charge in [-0.3, -0.25) is 4.79 Å². The van der Waals surface area contributed by atoms with Crippen molar-refractivity contribution in [1.29, 1.82) is 0 Å². The van der Waals surface area contributed by atoms with E-state index in [4.69, 9.17) is 4.74 Å². The van der Waals surface area contributed by atoms with E-state index in [1.165, 1.54) is 19.2 Å². The van der Waals surface area contributed by atoms with Gasteiger partial charge in [-0.25, -0.2) is 9.37 Å². The zero-order valence-corrected chi connectivity index (χ0v) is 10.3. The number of hydrogen-bond acceptors (Lipinski definition) is 4. The van der Waals surface area contributed by atoms with Crippen LogP contribution < -0.4 is 15.6 Å². The van der Waals surface area contributed by atoms with Gasteiger partial charge in [-0.1, -0.05) is 0 Å². The third-order valence-electron chi connectivity index (χ3n) is 3.12. The Balaban J connectivity index is 2.12. The summed E-state index contributed by atoms with van der Waals surface area (Å²) in [5.74, 6) is 0.0981. The highest BCUT2D eigenvalue weighted by Gasteiger charge is 2.17. The number of nitrogens with one attached hydrogen (secondary N) is 2. The fourth-order valence-electron chi connectivity index (χ4n) is 2.12. The van der Waals surface area contributed by atoms with Crippen LogP contribution in [0.4, 0.5) is 4.39 Å². The van der Waals surface area contributed by atoms with E-state index in [9.17, 15) is 9.18 Å². The van der Waals surface area contributed by atoms with E-state index in [0.29, 0.717) is 30.0 Å². The van der Waals surface area contributed by atoms with Crippen LogP contribution in [-0.2, 0) is 13.1 Å². The van der Waals surface area contributed by atoms with Crippen LogP contribution in [0.5, 0.6) is 5.75 Å². The predicted molar refractivity (Wildman–Crippen MR) is 67.3 cm³/mol. The predicted octanol–water partition coefficient (Wildman–Crippen LogP) is 1.19. The van der Waals surface area contributed by atoms with E-state index in [0.717, 1.165) is 5.69 Å². The van der Waals surface area contributed by atoms with E-state index in [1.807, 2.05) is 0 Å². The fourth-order valence-corrected chi connectivity index (χ4v) is 2.12. The van der Waals surface area contributed by atoms with Crippen LogP contribution in [0.1, 0.15) is 11.3 Å². The number of ether oxygens (including phenoxy) is 1. The Bertz CT molecular complexity index is 697. The number of benzene rings is 1. The van der Waals surface area contributed by atoms with Gasteiger partial charge in [0.1, 0.15) is 5.82 Å². The summed E-state index contributed by atoms with van der Waals surface area (Å²) in [5.41, 5.74) is 1.86. The molecule has 0 spiro atoms. The van der Waals surface area contributed by atoms with E-state index in [-0.39, 0.29) is 11.3 Å². The molecule has 2 heterocycles. The van der Waals surface area contributed by atoms with Crippen molar-refractivity contribution in [3.63, 3.8) is 0 Å². The smallest absolute Gasteiger partial charge is 0.255 e.